The molecule has 50 heavy (non-hydrogen) atoms. The van der Waals surface area contributed by atoms with Gasteiger partial charge in [-0.05, 0) is 114 Å². The van der Waals surface area contributed by atoms with Gasteiger partial charge in [0.1, 0.15) is 22.3 Å². The van der Waals surface area contributed by atoms with Crippen molar-refractivity contribution in [3.05, 3.63) is 170 Å². The highest BCUT2D eigenvalue weighted by atomic mass is 16.3. The summed E-state index contributed by atoms with van der Waals surface area (Å²) in [4.78, 5) is 0. The summed E-state index contributed by atoms with van der Waals surface area (Å²) in [5.74, 6) is 0. The number of benzene rings is 9. The molecule has 0 atom stereocenters. The second kappa shape index (κ2) is 10.4. The quantitative estimate of drug-likeness (QED) is 0.180. The van der Waals surface area contributed by atoms with Gasteiger partial charge in [-0.2, -0.15) is 0 Å². The summed E-state index contributed by atoms with van der Waals surface area (Å²) in [5, 5.41) is 11.8. The van der Waals surface area contributed by atoms with Crippen LogP contribution in [0.5, 0.6) is 0 Å². The third kappa shape index (κ3) is 4.03. The molecule has 0 amide bonds. The van der Waals surface area contributed by atoms with Crippen LogP contribution < -0.4 is 0 Å². The summed E-state index contributed by atoms with van der Waals surface area (Å²) in [6.07, 6.45) is 0. The summed E-state index contributed by atoms with van der Waals surface area (Å²) >= 11 is 0. The van der Waals surface area contributed by atoms with Gasteiger partial charge in [0.2, 0.25) is 0 Å². The lowest BCUT2D eigenvalue weighted by atomic mass is 9.85. The number of fused-ring (bicyclic) bond motifs is 9. The molecule has 0 spiro atoms. The summed E-state index contributed by atoms with van der Waals surface area (Å²) in [6, 6.07) is 61.0. The van der Waals surface area contributed by atoms with Crippen LogP contribution in [-0.4, -0.2) is 0 Å². The van der Waals surface area contributed by atoms with Crippen molar-refractivity contribution >= 4 is 76.2 Å². The van der Waals surface area contributed by atoms with Gasteiger partial charge < -0.3 is 8.83 Å². The number of furan rings is 2. The van der Waals surface area contributed by atoms with Crippen molar-refractivity contribution < 1.29 is 8.83 Å². The highest BCUT2D eigenvalue weighted by Gasteiger charge is 2.18. The van der Waals surface area contributed by atoms with Gasteiger partial charge in [-0.3, -0.25) is 0 Å². The minimum atomic E-state index is 0.887. The standard InChI is InChI=1S/C48H28O2/c1-2-11-29(12-3-1)47-36-16-4-6-18-38(36)48(39-19-7-5-17-37(39)47)32-14-10-13-30(23-32)31-21-22-44-41(24-31)42-26-34-27-45-40(25-33(34)28-46(42)50-44)35-15-8-9-20-43(35)49-45/h1-28H. The molecule has 0 N–H and O–H groups in total. The largest absolute Gasteiger partial charge is 0.456 e. The summed E-state index contributed by atoms with van der Waals surface area (Å²) in [6.45, 7) is 0. The Labute approximate surface area is 287 Å². The van der Waals surface area contributed by atoms with E-state index in [1.807, 2.05) is 12.1 Å². The van der Waals surface area contributed by atoms with Crippen LogP contribution in [0, 0.1) is 0 Å². The molecule has 9 aromatic carbocycles. The van der Waals surface area contributed by atoms with Gasteiger partial charge in [-0.25, -0.2) is 0 Å². The van der Waals surface area contributed by atoms with E-state index in [1.165, 1.54) is 49.4 Å². The normalized spacial score (nSPS) is 12.0. The molecule has 0 bridgehead atoms. The van der Waals surface area contributed by atoms with Gasteiger partial charge in [-0.15, -0.1) is 0 Å². The number of hydrogen-bond acceptors (Lipinski definition) is 2. The summed E-state index contributed by atoms with van der Waals surface area (Å²) < 4.78 is 12.7. The summed E-state index contributed by atoms with van der Waals surface area (Å²) in [7, 11) is 0. The van der Waals surface area contributed by atoms with Crippen LogP contribution in [0.1, 0.15) is 0 Å². The first kappa shape index (κ1) is 27.3. The number of para-hydroxylation sites is 1. The molecule has 0 aliphatic carbocycles. The molecule has 0 saturated heterocycles. The van der Waals surface area contributed by atoms with E-state index in [2.05, 4.69) is 158 Å². The van der Waals surface area contributed by atoms with E-state index < -0.39 is 0 Å². The zero-order chi connectivity index (χ0) is 32.8. The molecule has 11 aromatic rings. The van der Waals surface area contributed by atoms with E-state index >= 15 is 0 Å². The van der Waals surface area contributed by atoms with Crippen LogP contribution in [0.3, 0.4) is 0 Å². The third-order valence-corrected chi connectivity index (χ3v) is 10.4. The molecule has 0 aliphatic heterocycles. The molecule has 2 nitrogen and oxygen atoms in total. The molecule has 0 aliphatic rings. The summed E-state index contributed by atoms with van der Waals surface area (Å²) in [5.41, 5.74) is 10.9. The van der Waals surface area contributed by atoms with E-state index in [0.29, 0.717) is 0 Å². The van der Waals surface area contributed by atoms with Crippen molar-refractivity contribution in [1.29, 1.82) is 0 Å². The Hall–Kier alpha value is -6.64. The molecule has 2 aromatic heterocycles. The molecule has 11 rings (SSSR count). The van der Waals surface area contributed by atoms with Gasteiger partial charge in [0.05, 0.1) is 0 Å². The Kier molecular flexibility index (Phi) is 5.70. The van der Waals surface area contributed by atoms with Crippen LogP contribution >= 0.6 is 0 Å². The molecule has 0 fully saturated rings. The Balaban J connectivity index is 1.09. The van der Waals surface area contributed by atoms with Crippen molar-refractivity contribution in [1.82, 2.24) is 0 Å². The van der Waals surface area contributed by atoms with Gasteiger partial charge >= 0.3 is 0 Å². The first-order valence-corrected chi connectivity index (χ1v) is 17.1. The second-order valence-electron chi connectivity index (χ2n) is 13.2. The van der Waals surface area contributed by atoms with E-state index in [9.17, 15) is 0 Å². The SMILES string of the molecule is c1ccc(-c2c3ccccc3c(-c3cccc(-c4ccc5oc6cc7cc8c(cc7cc6c5c4)oc4ccccc48)c3)c3ccccc23)cc1. The average molecular weight is 637 g/mol. The molecule has 232 valence electrons. The molecule has 2 heteroatoms. The molecular formula is C48H28O2. The Morgan fingerprint density at radius 3 is 1.36 bits per heavy atom. The highest BCUT2D eigenvalue weighted by Crippen LogP contribution is 2.44. The maximum absolute atomic E-state index is 6.45. The van der Waals surface area contributed by atoms with Gasteiger partial charge in [-0.1, -0.05) is 121 Å². The zero-order valence-electron chi connectivity index (χ0n) is 27.0. The topological polar surface area (TPSA) is 26.3 Å². The predicted octanol–water partition coefficient (Wildman–Crippen LogP) is 13.9. The van der Waals surface area contributed by atoms with E-state index in [1.54, 1.807) is 0 Å². The maximum atomic E-state index is 6.45. The van der Waals surface area contributed by atoms with E-state index in [4.69, 9.17) is 8.83 Å². The van der Waals surface area contributed by atoms with Crippen molar-refractivity contribution in [2.45, 2.75) is 0 Å². The van der Waals surface area contributed by atoms with Crippen LogP contribution in [0.25, 0.3) is 110 Å². The molecule has 0 radical (unpaired) electrons. The Morgan fingerprint density at radius 1 is 0.240 bits per heavy atom. The lowest BCUT2D eigenvalue weighted by Gasteiger charge is -2.18. The van der Waals surface area contributed by atoms with Crippen molar-refractivity contribution in [3.8, 4) is 33.4 Å². The second-order valence-corrected chi connectivity index (χ2v) is 13.2. The van der Waals surface area contributed by atoms with Gasteiger partial charge in [0.15, 0.2) is 0 Å². The Bertz CT molecular complexity index is 3080. The number of rotatable bonds is 3. The zero-order valence-corrected chi connectivity index (χ0v) is 27.0. The fourth-order valence-electron chi connectivity index (χ4n) is 8.13. The molecule has 2 heterocycles. The number of hydrogen-bond donors (Lipinski definition) is 0. The van der Waals surface area contributed by atoms with Gasteiger partial charge in [0, 0.05) is 21.5 Å². The van der Waals surface area contributed by atoms with Crippen molar-refractivity contribution in [3.63, 3.8) is 0 Å². The molecule has 0 unspecified atom stereocenters. The Morgan fingerprint density at radius 2 is 0.700 bits per heavy atom. The molecular weight excluding hydrogens is 609 g/mol. The lowest BCUT2D eigenvalue weighted by Crippen LogP contribution is -1.91. The van der Waals surface area contributed by atoms with E-state index in [0.717, 1.165) is 60.2 Å². The first-order valence-electron chi connectivity index (χ1n) is 17.1. The van der Waals surface area contributed by atoms with Crippen molar-refractivity contribution in [2.24, 2.45) is 0 Å². The minimum Gasteiger partial charge on any atom is -0.456 e. The van der Waals surface area contributed by atoms with Gasteiger partial charge in [0.25, 0.3) is 0 Å². The monoisotopic (exact) mass is 636 g/mol. The fraction of sp³-hybridized carbons (Fsp3) is 0. The first-order chi connectivity index (χ1) is 24.8. The predicted molar refractivity (Wildman–Crippen MR) is 210 cm³/mol. The van der Waals surface area contributed by atoms with Crippen LogP contribution in [0.4, 0.5) is 0 Å². The van der Waals surface area contributed by atoms with E-state index in [-0.39, 0.29) is 0 Å². The fourth-order valence-corrected chi connectivity index (χ4v) is 8.13. The third-order valence-electron chi connectivity index (χ3n) is 10.4. The molecule has 0 saturated carbocycles. The highest BCUT2D eigenvalue weighted by molar-refractivity contribution is 6.21. The minimum absolute atomic E-state index is 0.887. The maximum Gasteiger partial charge on any atom is 0.136 e. The average Bonchev–Trinajstić information content (AvgIpc) is 3.72. The smallest absolute Gasteiger partial charge is 0.136 e. The lowest BCUT2D eigenvalue weighted by molar-refractivity contribution is 0.668. The van der Waals surface area contributed by atoms with Crippen LogP contribution in [0.2, 0.25) is 0 Å². The van der Waals surface area contributed by atoms with Crippen molar-refractivity contribution in [2.75, 3.05) is 0 Å². The van der Waals surface area contributed by atoms with Crippen LogP contribution in [-0.2, 0) is 0 Å². The van der Waals surface area contributed by atoms with Crippen LogP contribution in [0.15, 0.2) is 179 Å².